The molecule has 8 heteroatoms. The Balaban J connectivity index is 2.41. The Bertz CT molecular complexity index is 604. The van der Waals surface area contributed by atoms with Crippen LogP contribution in [0.1, 0.15) is 29.9 Å². The summed E-state index contributed by atoms with van der Waals surface area (Å²) in [5.74, 6) is -0.479. The smallest absolute Gasteiger partial charge is 0.330 e. The van der Waals surface area contributed by atoms with E-state index in [2.05, 4.69) is 0 Å². The van der Waals surface area contributed by atoms with Crippen molar-refractivity contribution in [2.75, 3.05) is 6.61 Å². The van der Waals surface area contributed by atoms with Gasteiger partial charge in [-0.15, -0.1) is 0 Å². The maximum Gasteiger partial charge on any atom is 0.330 e. The molecule has 0 bridgehead atoms. The van der Waals surface area contributed by atoms with E-state index < -0.39 is 35.5 Å². The Kier molecular flexibility index (Phi) is 3.65. The quantitative estimate of drug-likeness (QED) is 0.567. The molecule has 3 atom stereocenters. The van der Waals surface area contributed by atoms with Gasteiger partial charge in [-0.3, -0.25) is 19.1 Å². The number of nitrogens with zero attached hydrogens (tertiary/aromatic N) is 1. The van der Waals surface area contributed by atoms with Gasteiger partial charge in [0.25, 0.3) is 5.56 Å². The number of carbonyl (C=O) groups is 1. The number of aromatic nitrogens is 2. The molecule has 0 spiro atoms. The Morgan fingerprint density at radius 3 is 2.79 bits per heavy atom. The second kappa shape index (κ2) is 5.08. The molecular formula is C11H14N2O6. The van der Waals surface area contributed by atoms with E-state index in [1.807, 2.05) is 4.98 Å². The largest absolute Gasteiger partial charge is 0.394 e. The number of nitrogens with one attached hydrogen (secondary N) is 1. The summed E-state index contributed by atoms with van der Waals surface area (Å²) in [6.07, 6.45) is -1.32. The van der Waals surface area contributed by atoms with Crippen LogP contribution in [0.5, 0.6) is 0 Å². The van der Waals surface area contributed by atoms with Crippen molar-refractivity contribution >= 4 is 5.78 Å². The fourth-order valence-electron chi connectivity index (χ4n) is 2.00. The Morgan fingerprint density at radius 2 is 2.26 bits per heavy atom. The van der Waals surface area contributed by atoms with Gasteiger partial charge in [0.15, 0.2) is 5.78 Å². The molecule has 1 saturated heterocycles. The molecule has 1 aliphatic rings. The monoisotopic (exact) mass is 270 g/mol. The summed E-state index contributed by atoms with van der Waals surface area (Å²) >= 11 is 0. The van der Waals surface area contributed by atoms with Crippen LogP contribution in [-0.4, -0.2) is 44.4 Å². The van der Waals surface area contributed by atoms with Crippen LogP contribution in [0, 0.1) is 0 Å². The predicted molar refractivity (Wildman–Crippen MR) is 62.9 cm³/mol. The average molecular weight is 270 g/mol. The van der Waals surface area contributed by atoms with Crippen molar-refractivity contribution in [3.8, 4) is 0 Å². The number of aliphatic hydroxyl groups excluding tert-OH is 2. The lowest BCUT2D eigenvalue weighted by Crippen LogP contribution is -2.35. The van der Waals surface area contributed by atoms with Crippen LogP contribution in [0.15, 0.2) is 15.8 Å². The zero-order valence-corrected chi connectivity index (χ0v) is 10.2. The summed E-state index contributed by atoms with van der Waals surface area (Å²) in [4.78, 5) is 36.4. The van der Waals surface area contributed by atoms with Crippen LogP contribution < -0.4 is 11.2 Å². The van der Waals surface area contributed by atoms with E-state index in [0.29, 0.717) is 0 Å². The van der Waals surface area contributed by atoms with E-state index in [4.69, 9.17) is 9.84 Å². The van der Waals surface area contributed by atoms with Crippen molar-refractivity contribution in [3.63, 3.8) is 0 Å². The summed E-state index contributed by atoms with van der Waals surface area (Å²) in [7, 11) is 0. The van der Waals surface area contributed by atoms with Gasteiger partial charge in [0, 0.05) is 12.6 Å². The number of aromatic amines is 1. The molecule has 0 radical (unpaired) electrons. The lowest BCUT2D eigenvalue weighted by molar-refractivity contribution is -0.0459. The number of hydrogen-bond acceptors (Lipinski definition) is 6. The number of H-pyrrole nitrogens is 1. The zero-order valence-electron chi connectivity index (χ0n) is 10.2. The molecule has 0 unspecified atom stereocenters. The molecule has 19 heavy (non-hydrogen) atoms. The van der Waals surface area contributed by atoms with E-state index in [9.17, 15) is 19.5 Å². The van der Waals surface area contributed by atoms with Crippen molar-refractivity contribution in [2.24, 2.45) is 0 Å². The van der Waals surface area contributed by atoms with Crippen molar-refractivity contribution in [1.82, 2.24) is 9.55 Å². The second-order valence-electron chi connectivity index (χ2n) is 4.38. The fraction of sp³-hybridized carbons (Fsp3) is 0.545. The van der Waals surface area contributed by atoms with Crippen molar-refractivity contribution < 1.29 is 19.7 Å². The first kappa shape index (κ1) is 13.7. The van der Waals surface area contributed by atoms with Crippen molar-refractivity contribution in [3.05, 3.63) is 32.6 Å². The standard InChI is InChI=1S/C11H14N2O6/c1-5(15)6-3-13(11(18)12-10(6)17)9-2-7(16)8(4-14)19-9/h3,7-9,14,16H,2,4H2,1H3,(H,12,17,18)/t7-,8-,9+/m0/s1. The lowest BCUT2D eigenvalue weighted by Gasteiger charge is -2.14. The SMILES string of the molecule is CC(=O)c1cn([C@H]2C[C@H](O)[C@H](CO)O2)c(=O)[nH]c1=O. The van der Waals surface area contributed by atoms with Gasteiger partial charge in [0.05, 0.1) is 18.3 Å². The number of aliphatic hydroxyl groups is 2. The van der Waals surface area contributed by atoms with E-state index in [1.165, 1.54) is 6.92 Å². The Hall–Kier alpha value is -1.77. The highest BCUT2D eigenvalue weighted by molar-refractivity contribution is 5.93. The topological polar surface area (TPSA) is 122 Å². The van der Waals surface area contributed by atoms with Gasteiger partial charge in [0.1, 0.15) is 12.3 Å². The van der Waals surface area contributed by atoms with E-state index >= 15 is 0 Å². The molecule has 104 valence electrons. The summed E-state index contributed by atoms with van der Waals surface area (Å²) in [5.41, 5.74) is -1.65. The summed E-state index contributed by atoms with van der Waals surface area (Å²) < 4.78 is 6.33. The molecule has 8 nitrogen and oxygen atoms in total. The zero-order chi connectivity index (χ0) is 14.2. The second-order valence-corrected chi connectivity index (χ2v) is 4.38. The molecule has 0 amide bonds. The van der Waals surface area contributed by atoms with E-state index in [0.717, 1.165) is 10.8 Å². The average Bonchev–Trinajstić information content (AvgIpc) is 2.69. The minimum atomic E-state index is -0.908. The van der Waals surface area contributed by atoms with Crippen LogP contribution in [0.3, 0.4) is 0 Å². The maximum absolute atomic E-state index is 11.7. The van der Waals surface area contributed by atoms with E-state index in [-0.39, 0.29) is 18.6 Å². The van der Waals surface area contributed by atoms with Crippen molar-refractivity contribution in [2.45, 2.75) is 31.8 Å². The Labute approximate surface area is 107 Å². The third-order valence-electron chi connectivity index (χ3n) is 3.04. The van der Waals surface area contributed by atoms with Crippen LogP contribution in [0.4, 0.5) is 0 Å². The first-order chi connectivity index (χ1) is 8.93. The third-order valence-corrected chi connectivity index (χ3v) is 3.04. The molecule has 0 aliphatic carbocycles. The van der Waals surface area contributed by atoms with Crippen LogP contribution in [-0.2, 0) is 4.74 Å². The first-order valence-electron chi connectivity index (χ1n) is 5.74. The number of Topliss-reactive ketones (excluding diaryl/α,β-unsaturated/α-hetero) is 1. The summed E-state index contributed by atoms with van der Waals surface area (Å²) in [6, 6.07) is 0. The summed E-state index contributed by atoms with van der Waals surface area (Å²) in [5, 5.41) is 18.6. The third kappa shape index (κ3) is 2.50. The molecule has 1 fully saturated rings. The lowest BCUT2D eigenvalue weighted by atomic mass is 10.2. The molecular weight excluding hydrogens is 256 g/mol. The molecule has 2 heterocycles. The molecule has 0 saturated carbocycles. The van der Waals surface area contributed by atoms with Crippen LogP contribution in [0.2, 0.25) is 0 Å². The van der Waals surface area contributed by atoms with Gasteiger partial charge in [-0.1, -0.05) is 0 Å². The minimum Gasteiger partial charge on any atom is -0.394 e. The number of carbonyl (C=O) groups excluding carboxylic acids is 1. The van der Waals surface area contributed by atoms with Gasteiger partial charge in [-0.05, 0) is 6.92 Å². The Morgan fingerprint density at radius 1 is 1.58 bits per heavy atom. The highest BCUT2D eigenvalue weighted by atomic mass is 16.5. The van der Waals surface area contributed by atoms with Gasteiger partial charge in [0.2, 0.25) is 0 Å². The molecule has 0 aromatic carbocycles. The predicted octanol–water partition coefficient (Wildman–Crippen LogP) is -1.62. The van der Waals surface area contributed by atoms with Crippen molar-refractivity contribution in [1.29, 1.82) is 0 Å². The van der Waals surface area contributed by atoms with Gasteiger partial charge in [-0.2, -0.15) is 0 Å². The number of hydrogen-bond donors (Lipinski definition) is 3. The molecule has 1 aromatic rings. The minimum absolute atomic E-state index is 0.0918. The van der Waals surface area contributed by atoms with Gasteiger partial charge in [-0.25, -0.2) is 4.79 Å². The van der Waals surface area contributed by atoms with Crippen LogP contribution >= 0.6 is 0 Å². The summed E-state index contributed by atoms with van der Waals surface area (Å²) in [6.45, 7) is 0.829. The number of rotatable bonds is 3. The van der Waals surface area contributed by atoms with Gasteiger partial charge < -0.3 is 14.9 Å². The highest BCUT2D eigenvalue weighted by Gasteiger charge is 2.35. The molecule has 1 aromatic heterocycles. The number of ketones is 1. The first-order valence-corrected chi connectivity index (χ1v) is 5.74. The van der Waals surface area contributed by atoms with Gasteiger partial charge >= 0.3 is 5.69 Å². The normalized spacial score (nSPS) is 26.6. The maximum atomic E-state index is 11.7. The molecule has 3 N–H and O–H groups in total. The van der Waals surface area contributed by atoms with Crippen LogP contribution in [0.25, 0.3) is 0 Å². The van der Waals surface area contributed by atoms with E-state index in [1.54, 1.807) is 0 Å². The fourth-order valence-corrected chi connectivity index (χ4v) is 2.00. The molecule has 1 aliphatic heterocycles. The number of ether oxygens (including phenoxy) is 1. The highest BCUT2D eigenvalue weighted by Crippen LogP contribution is 2.27. The molecule has 2 rings (SSSR count).